The highest BCUT2D eigenvalue weighted by molar-refractivity contribution is 6.09. The number of carbonyl (C=O) groups is 3. The van der Waals surface area contributed by atoms with Crippen LogP contribution in [0.15, 0.2) is 24.3 Å². The maximum Gasteiger partial charge on any atom is 0.325 e. The maximum absolute atomic E-state index is 13.4. The Balaban J connectivity index is 1.60. The highest BCUT2D eigenvalue weighted by atomic mass is 16.2. The van der Waals surface area contributed by atoms with E-state index >= 15 is 0 Å². The van der Waals surface area contributed by atoms with Gasteiger partial charge in [-0.3, -0.25) is 14.5 Å². The summed E-state index contributed by atoms with van der Waals surface area (Å²) in [6.45, 7) is 2.57. The Kier molecular flexibility index (Phi) is 4.66. The third kappa shape index (κ3) is 3.01. The summed E-state index contributed by atoms with van der Waals surface area (Å²) in [5, 5.41) is 2.95. The number of urea groups is 1. The number of benzene rings is 1. The van der Waals surface area contributed by atoms with Gasteiger partial charge >= 0.3 is 6.03 Å². The van der Waals surface area contributed by atoms with Crippen LogP contribution in [0.5, 0.6) is 0 Å². The second-order valence-corrected chi connectivity index (χ2v) is 8.02. The second-order valence-electron chi connectivity index (χ2n) is 8.02. The minimum Gasteiger partial charge on any atom is -0.338 e. The van der Waals surface area contributed by atoms with E-state index in [9.17, 15) is 14.4 Å². The molecule has 0 saturated carbocycles. The monoisotopic (exact) mass is 369 g/mol. The number of carbonyl (C=O) groups excluding carboxylic acids is 3. The highest BCUT2D eigenvalue weighted by Crippen LogP contribution is 2.39. The van der Waals surface area contributed by atoms with E-state index < -0.39 is 11.6 Å². The number of hydrogen-bond acceptors (Lipinski definition) is 3. The van der Waals surface area contributed by atoms with E-state index in [4.69, 9.17) is 0 Å². The average Bonchev–Trinajstić information content (AvgIpc) is 2.81. The molecule has 1 aliphatic carbocycles. The van der Waals surface area contributed by atoms with Crippen LogP contribution < -0.4 is 5.32 Å². The Morgan fingerprint density at radius 1 is 1.19 bits per heavy atom. The predicted octanol–water partition coefficient (Wildman–Crippen LogP) is 2.56. The Hall–Kier alpha value is -2.37. The van der Waals surface area contributed by atoms with Gasteiger partial charge in [-0.05, 0) is 63.0 Å². The molecule has 0 unspecified atom stereocenters. The first-order valence-corrected chi connectivity index (χ1v) is 10.0. The van der Waals surface area contributed by atoms with Gasteiger partial charge < -0.3 is 10.2 Å². The summed E-state index contributed by atoms with van der Waals surface area (Å²) < 4.78 is 0. The SMILES string of the molecule is C[C@H]1CCCCN1C(=O)CN1C(=O)N[C@]2(CCCCc3ccccc32)C1=O. The van der Waals surface area contributed by atoms with E-state index in [1.807, 2.05) is 36.1 Å². The normalized spacial score (nSPS) is 28.1. The molecule has 2 atom stereocenters. The molecule has 4 amide bonds. The molecule has 6 heteroatoms. The van der Waals surface area contributed by atoms with Gasteiger partial charge in [0, 0.05) is 12.6 Å². The van der Waals surface area contributed by atoms with Crippen LogP contribution in [0.1, 0.15) is 56.6 Å². The van der Waals surface area contributed by atoms with E-state index in [1.54, 1.807) is 0 Å². The molecular formula is C21H27N3O3. The lowest BCUT2D eigenvalue weighted by molar-refractivity contribution is -0.141. The molecule has 2 heterocycles. The molecule has 1 aromatic rings. The topological polar surface area (TPSA) is 69.7 Å². The summed E-state index contributed by atoms with van der Waals surface area (Å²) in [6, 6.07) is 7.57. The second kappa shape index (κ2) is 6.98. The zero-order valence-corrected chi connectivity index (χ0v) is 15.9. The first-order chi connectivity index (χ1) is 13.0. The zero-order chi connectivity index (χ0) is 19.0. The zero-order valence-electron chi connectivity index (χ0n) is 15.9. The molecule has 3 aliphatic rings. The molecule has 27 heavy (non-hydrogen) atoms. The Labute approximate surface area is 159 Å². The fraction of sp³-hybridized carbons (Fsp3) is 0.571. The van der Waals surface area contributed by atoms with Crippen molar-refractivity contribution in [2.75, 3.05) is 13.1 Å². The summed E-state index contributed by atoms with van der Waals surface area (Å²) in [5.41, 5.74) is 0.987. The quantitative estimate of drug-likeness (QED) is 0.815. The number of fused-ring (bicyclic) bond motifs is 2. The Morgan fingerprint density at radius 2 is 2.00 bits per heavy atom. The molecule has 0 bridgehead atoms. The van der Waals surface area contributed by atoms with Gasteiger partial charge in [0.25, 0.3) is 5.91 Å². The molecule has 1 N–H and O–H groups in total. The molecule has 2 aliphatic heterocycles. The molecule has 0 aromatic heterocycles. The molecule has 0 radical (unpaired) electrons. The van der Waals surface area contributed by atoms with Crippen LogP contribution in [0.3, 0.4) is 0 Å². The minimum atomic E-state index is -1.02. The number of aryl methyl sites for hydroxylation is 1. The summed E-state index contributed by atoms with van der Waals surface area (Å²) >= 11 is 0. The molecule has 1 spiro atoms. The van der Waals surface area contributed by atoms with Crippen LogP contribution in [-0.2, 0) is 21.5 Å². The van der Waals surface area contributed by atoms with Crippen molar-refractivity contribution in [3.63, 3.8) is 0 Å². The van der Waals surface area contributed by atoms with E-state index in [-0.39, 0.29) is 24.4 Å². The Bertz CT molecular complexity index is 778. The van der Waals surface area contributed by atoms with E-state index in [0.717, 1.165) is 54.6 Å². The van der Waals surface area contributed by atoms with Crippen LogP contribution in [0.4, 0.5) is 4.79 Å². The number of nitrogens with one attached hydrogen (secondary N) is 1. The van der Waals surface area contributed by atoms with Gasteiger partial charge in [-0.1, -0.05) is 24.3 Å². The average molecular weight is 369 g/mol. The van der Waals surface area contributed by atoms with E-state index in [2.05, 4.69) is 5.32 Å². The van der Waals surface area contributed by atoms with Crippen molar-refractivity contribution in [1.82, 2.24) is 15.1 Å². The predicted molar refractivity (Wildman–Crippen MR) is 101 cm³/mol. The Morgan fingerprint density at radius 3 is 2.81 bits per heavy atom. The van der Waals surface area contributed by atoms with Crippen molar-refractivity contribution >= 4 is 17.8 Å². The van der Waals surface area contributed by atoms with Crippen LogP contribution in [0.2, 0.25) is 0 Å². The largest absolute Gasteiger partial charge is 0.338 e. The smallest absolute Gasteiger partial charge is 0.325 e. The van der Waals surface area contributed by atoms with Gasteiger partial charge in [-0.2, -0.15) is 0 Å². The van der Waals surface area contributed by atoms with Crippen LogP contribution >= 0.6 is 0 Å². The highest BCUT2D eigenvalue weighted by Gasteiger charge is 2.53. The van der Waals surface area contributed by atoms with Crippen LogP contribution in [-0.4, -0.2) is 46.8 Å². The third-order valence-electron chi connectivity index (χ3n) is 6.32. The van der Waals surface area contributed by atoms with Crippen molar-refractivity contribution in [3.8, 4) is 0 Å². The van der Waals surface area contributed by atoms with Gasteiger partial charge in [-0.15, -0.1) is 0 Å². The molecule has 144 valence electrons. The van der Waals surface area contributed by atoms with Crippen molar-refractivity contribution in [1.29, 1.82) is 0 Å². The molecular weight excluding hydrogens is 342 g/mol. The van der Waals surface area contributed by atoms with Gasteiger partial charge in [0.2, 0.25) is 5.91 Å². The summed E-state index contributed by atoms with van der Waals surface area (Å²) in [5.74, 6) is -0.412. The van der Waals surface area contributed by atoms with E-state index in [0.29, 0.717) is 13.0 Å². The van der Waals surface area contributed by atoms with Crippen molar-refractivity contribution in [2.45, 2.75) is 63.5 Å². The number of amides is 4. The third-order valence-corrected chi connectivity index (χ3v) is 6.32. The fourth-order valence-electron chi connectivity index (χ4n) is 4.81. The first kappa shape index (κ1) is 18.0. The number of nitrogens with zero attached hydrogens (tertiary/aromatic N) is 2. The standard InChI is InChI=1S/C21H27N3O3/c1-15-8-5-7-13-23(15)18(25)14-24-19(26)21(22-20(24)27)12-6-4-10-16-9-2-3-11-17(16)21/h2-3,9,11,15H,4-8,10,12-14H2,1H3,(H,22,27)/t15-,21-/m0/s1. The number of rotatable bonds is 2. The minimum absolute atomic E-state index is 0.135. The lowest BCUT2D eigenvalue weighted by Crippen LogP contribution is -2.49. The van der Waals surface area contributed by atoms with Crippen LogP contribution in [0.25, 0.3) is 0 Å². The fourth-order valence-corrected chi connectivity index (χ4v) is 4.81. The van der Waals surface area contributed by atoms with E-state index in [1.165, 1.54) is 0 Å². The molecule has 6 nitrogen and oxygen atoms in total. The summed E-state index contributed by atoms with van der Waals surface area (Å²) in [6.07, 6.45) is 6.42. The molecule has 2 fully saturated rings. The number of hydrogen-bond donors (Lipinski definition) is 1. The lowest BCUT2D eigenvalue weighted by Gasteiger charge is -2.34. The first-order valence-electron chi connectivity index (χ1n) is 10.0. The lowest BCUT2D eigenvalue weighted by atomic mass is 9.84. The van der Waals surface area contributed by atoms with Gasteiger partial charge in [0.1, 0.15) is 12.1 Å². The number of likely N-dealkylation sites (tertiary alicyclic amines) is 1. The molecule has 4 rings (SSSR count). The van der Waals surface area contributed by atoms with Gasteiger partial charge in [0.05, 0.1) is 0 Å². The number of piperidine rings is 1. The van der Waals surface area contributed by atoms with Crippen LogP contribution in [0, 0.1) is 0 Å². The summed E-state index contributed by atoms with van der Waals surface area (Å²) in [7, 11) is 0. The van der Waals surface area contributed by atoms with Gasteiger partial charge in [-0.25, -0.2) is 4.79 Å². The van der Waals surface area contributed by atoms with Crippen molar-refractivity contribution < 1.29 is 14.4 Å². The van der Waals surface area contributed by atoms with Gasteiger partial charge in [0.15, 0.2) is 0 Å². The molecule has 2 saturated heterocycles. The van der Waals surface area contributed by atoms with Crippen molar-refractivity contribution in [3.05, 3.63) is 35.4 Å². The summed E-state index contributed by atoms with van der Waals surface area (Å²) in [4.78, 5) is 41.8. The number of imide groups is 1. The maximum atomic E-state index is 13.4. The molecule has 1 aromatic carbocycles. The van der Waals surface area contributed by atoms with Crippen molar-refractivity contribution in [2.24, 2.45) is 0 Å².